The van der Waals surface area contributed by atoms with Gasteiger partial charge in [-0.15, -0.1) is 0 Å². The number of benzene rings is 1. The van der Waals surface area contributed by atoms with Crippen LogP contribution in [-0.2, 0) is 4.79 Å². The number of aromatic nitrogens is 2. The third kappa shape index (κ3) is 4.69. The summed E-state index contributed by atoms with van der Waals surface area (Å²) in [7, 11) is 0. The zero-order valence-electron chi connectivity index (χ0n) is 15.2. The normalized spacial score (nSPS) is 18.2. The maximum absolute atomic E-state index is 12.3. The average molecular weight is 340 g/mol. The van der Waals surface area contributed by atoms with Gasteiger partial charge in [-0.2, -0.15) is 0 Å². The van der Waals surface area contributed by atoms with Crippen LogP contribution in [0.4, 0.5) is 5.69 Å². The molecule has 1 aromatic carbocycles. The maximum Gasteiger partial charge on any atom is 0.224 e. The lowest BCUT2D eigenvalue weighted by Crippen LogP contribution is -2.35. The number of aromatic amines is 1. The highest BCUT2D eigenvalue weighted by Gasteiger charge is 2.22. The zero-order valence-corrected chi connectivity index (χ0v) is 15.2. The van der Waals surface area contributed by atoms with Crippen molar-refractivity contribution in [2.75, 3.05) is 25.0 Å². The van der Waals surface area contributed by atoms with Gasteiger partial charge >= 0.3 is 0 Å². The summed E-state index contributed by atoms with van der Waals surface area (Å²) >= 11 is 0. The summed E-state index contributed by atoms with van der Waals surface area (Å²) in [6.45, 7) is 7.19. The van der Waals surface area contributed by atoms with Crippen LogP contribution in [0.15, 0.2) is 30.6 Å². The number of piperidine rings is 1. The van der Waals surface area contributed by atoms with Crippen LogP contribution in [0.5, 0.6) is 0 Å². The number of para-hydroxylation sites is 1. The van der Waals surface area contributed by atoms with Crippen molar-refractivity contribution in [2.45, 2.75) is 45.4 Å². The second kappa shape index (κ2) is 8.30. The molecule has 1 aliphatic rings. The van der Waals surface area contributed by atoms with Crippen LogP contribution in [0.2, 0.25) is 0 Å². The van der Waals surface area contributed by atoms with E-state index in [0.717, 1.165) is 48.7 Å². The minimum atomic E-state index is 0.108. The van der Waals surface area contributed by atoms with Crippen LogP contribution in [0.3, 0.4) is 0 Å². The predicted octanol–water partition coefficient (Wildman–Crippen LogP) is 3.62. The van der Waals surface area contributed by atoms with Gasteiger partial charge in [-0.3, -0.25) is 4.79 Å². The maximum atomic E-state index is 12.3. The van der Waals surface area contributed by atoms with Gasteiger partial charge in [0.05, 0.1) is 0 Å². The molecule has 0 spiro atoms. The third-order valence-electron chi connectivity index (χ3n) is 5.04. The van der Waals surface area contributed by atoms with E-state index < -0.39 is 0 Å². The number of hydrogen-bond acceptors (Lipinski definition) is 3. The summed E-state index contributed by atoms with van der Waals surface area (Å²) in [5.41, 5.74) is 3.19. The first-order chi connectivity index (χ1) is 12.1. The number of carbonyl (C=O) groups excluding carboxylic acids is 1. The lowest BCUT2D eigenvalue weighted by Gasteiger charge is -2.31. The number of rotatable bonds is 6. The molecular formula is C20H28N4O. The Morgan fingerprint density at radius 1 is 1.36 bits per heavy atom. The number of amides is 1. The summed E-state index contributed by atoms with van der Waals surface area (Å²) in [6, 6.07) is 6.09. The second-order valence-corrected chi connectivity index (χ2v) is 7.03. The Hall–Kier alpha value is -2.14. The predicted molar refractivity (Wildman–Crippen MR) is 101 cm³/mol. The SMILES string of the molecule is Cc1cccc(C)c1NC(=O)CCCN1CCC[C@@H](c2ncc[nH]2)C1. The minimum absolute atomic E-state index is 0.108. The van der Waals surface area contributed by atoms with Gasteiger partial charge in [0.2, 0.25) is 5.91 Å². The van der Waals surface area contributed by atoms with Crippen molar-refractivity contribution in [3.63, 3.8) is 0 Å². The second-order valence-electron chi connectivity index (χ2n) is 7.03. The van der Waals surface area contributed by atoms with E-state index in [9.17, 15) is 4.79 Å². The molecule has 1 aliphatic heterocycles. The Morgan fingerprint density at radius 3 is 2.88 bits per heavy atom. The van der Waals surface area contributed by atoms with Crippen LogP contribution in [0.25, 0.3) is 0 Å². The molecule has 2 N–H and O–H groups in total. The molecule has 0 bridgehead atoms. The monoisotopic (exact) mass is 340 g/mol. The molecule has 1 aromatic heterocycles. The zero-order chi connectivity index (χ0) is 17.6. The van der Waals surface area contributed by atoms with Crippen molar-refractivity contribution in [3.8, 4) is 0 Å². The Labute approximate surface area is 149 Å². The fourth-order valence-electron chi connectivity index (χ4n) is 3.66. The number of nitrogens with one attached hydrogen (secondary N) is 2. The average Bonchev–Trinajstić information content (AvgIpc) is 3.13. The van der Waals surface area contributed by atoms with Gasteiger partial charge in [-0.25, -0.2) is 4.98 Å². The standard InChI is InChI=1S/C20H28N4O/c1-15-6-3-7-16(2)19(15)23-18(25)9-5-13-24-12-4-8-17(14-24)20-21-10-11-22-20/h3,6-7,10-11,17H,4-5,8-9,12-14H2,1-2H3,(H,21,22)(H,23,25)/t17-/m1/s1. The molecule has 0 unspecified atom stereocenters. The first-order valence-electron chi connectivity index (χ1n) is 9.21. The smallest absolute Gasteiger partial charge is 0.224 e. The molecule has 2 heterocycles. The highest BCUT2D eigenvalue weighted by molar-refractivity contribution is 5.92. The number of carbonyl (C=O) groups is 1. The van der Waals surface area contributed by atoms with E-state index in [4.69, 9.17) is 0 Å². The van der Waals surface area contributed by atoms with Crippen molar-refractivity contribution in [2.24, 2.45) is 0 Å². The lowest BCUT2D eigenvalue weighted by molar-refractivity contribution is -0.116. The van der Waals surface area contributed by atoms with Gasteiger partial charge in [0.1, 0.15) is 5.82 Å². The van der Waals surface area contributed by atoms with Crippen molar-refractivity contribution in [3.05, 3.63) is 47.5 Å². The number of nitrogens with zero attached hydrogens (tertiary/aromatic N) is 2. The number of aryl methyl sites for hydroxylation is 2. The molecule has 0 saturated carbocycles. The van der Waals surface area contributed by atoms with Crippen LogP contribution in [0.1, 0.15) is 48.6 Å². The number of anilines is 1. The molecule has 0 radical (unpaired) electrons. The van der Waals surface area contributed by atoms with E-state index in [1.807, 2.05) is 44.4 Å². The Morgan fingerprint density at radius 2 is 2.16 bits per heavy atom. The topological polar surface area (TPSA) is 61.0 Å². The van der Waals surface area contributed by atoms with E-state index in [0.29, 0.717) is 12.3 Å². The Bertz CT molecular complexity index is 675. The summed E-state index contributed by atoms with van der Waals surface area (Å²) in [6.07, 6.45) is 7.56. The van der Waals surface area contributed by atoms with Gasteiger partial charge in [0.25, 0.3) is 0 Å². The first kappa shape index (κ1) is 17.7. The fourth-order valence-corrected chi connectivity index (χ4v) is 3.66. The molecular weight excluding hydrogens is 312 g/mol. The van der Waals surface area contributed by atoms with Gasteiger partial charge in [-0.1, -0.05) is 18.2 Å². The minimum Gasteiger partial charge on any atom is -0.348 e. The first-order valence-corrected chi connectivity index (χ1v) is 9.21. The van der Waals surface area contributed by atoms with Crippen LogP contribution >= 0.6 is 0 Å². The van der Waals surface area contributed by atoms with Crippen LogP contribution in [-0.4, -0.2) is 40.4 Å². The highest BCUT2D eigenvalue weighted by atomic mass is 16.1. The molecule has 1 fully saturated rings. The van der Waals surface area contributed by atoms with Crippen molar-refractivity contribution in [1.82, 2.24) is 14.9 Å². The van der Waals surface area contributed by atoms with Crippen molar-refractivity contribution < 1.29 is 4.79 Å². The van der Waals surface area contributed by atoms with Crippen LogP contribution < -0.4 is 5.32 Å². The van der Waals surface area contributed by atoms with Gasteiger partial charge in [0.15, 0.2) is 0 Å². The number of H-pyrrole nitrogens is 1. The molecule has 3 rings (SSSR count). The summed E-state index contributed by atoms with van der Waals surface area (Å²) in [5, 5.41) is 3.07. The largest absolute Gasteiger partial charge is 0.348 e. The molecule has 2 aromatic rings. The third-order valence-corrected chi connectivity index (χ3v) is 5.04. The van der Waals surface area contributed by atoms with Gasteiger partial charge < -0.3 is 15.2 Å². The quantitative estimate of drug-likeness (QED) is 0.844. The molecule has 134 valence electrons. The number of likely N-dealkylation sites (tertiary alicyclic amines) is 1. The van der Waals surface area contributed by atoms with E-state index >= 15 is 0 Å². The van der Waals surface area contributed by atoms with Gasteiger partial charge in [0, 0.05) is 37.0 Å². The lowest BCUT2D eigenvalue weighted by atomic mass is 9.97. The Balaban J connectivity index is 1.44. The highest BCUT2D eigenvalue weighted by Crippen LogP contribution is 2.24. The summed E-state index contributed by atoms with van der Waals surface area (Å²) < 4.78 is 0. The fraction of sp³-hybridized carbons (Fsp3) is 0.500. The van der Waals surface area contributed by atoms with Crippen LogP contribution in [0, 0.1) is 13.8 Å². The van der Waals surface area contributed by atoms with E-state index in [1.54, 1.807) is 0 Å². The number of hydrogen-bond donors (Lipinski definition) is 2. The molecule has 1 saturated heterocycles. The van der Waals surface area contributed by atoms with Crippen molar-refractivity contribution >= 4 is 11.6 Å². The van der Waals surface area contributed by atoms with E-state index in [2.05, 4.69) is 20.2 Å². The summed E-state index contributed by atoms with van der Waals surface area (Å²) in [5.74, 6) is 1.70. The molecule has 5 heteroatoms. The molecule has 1 atom stereocenters. The Kier molecular flexibility index (Phi) is 5.87. The summed E-state index contributed by atoms with van der Waals surface area (Å²) in [4.78, 5) is 22.4. The molecule has 5 nitrogen and oxygen atoms in total. The molecule has 25 heavy (non-hydrogen) atoms. The number of imidazole rings is 1. The van der Waals surface area contributed by atoms with E-state index in [1.165, 1.54) is 12.8 Å². The van der Waals surface area contributed by atoms with Crippen molar-refractivity contribution in [1.29, 1.82) is 0 Å². The van der Waals surface area contributed by atoms with E-state index in [-0.39, 0.29) is 5.91 Å². The molecule has 1 amide bonds. The van der Waals surface area contributed by atoms with Gasteiger partial charge in [-0.05, 0) is 57.3 Å². The molecule has 0 aliphatic carbocycles.